The average molecular weight is 350 g/mol. The third-order valence-corrected chi connectivity index (χ3v) is 3.20. The first-order chi connectivity index (χ1) is 12.5. The summed E-state index contributed by atoms with van der Waals surface area (Å²) >= 11 is 0. The fourth-order valence-corrected chi connectivity index (χ4v) is 2.18. The van der Waals surface area contributed by atoms with E-state index in [4.69, 9.17) is 9.47 Å². The van der Waals surface area contributed by atoms with Crippen molar-refractivity contribution >= 4 is 23.6 Å². The molecule has 6 nitrogen and oxygen atoms in total. The number of hydrogen-bond donors (Lipinski definition) is 1. The van der Waals surface area contributed by atoms with Gasteiger partial charge < -0.3 is 14.8 Å². The molecular formula is C20H18N2O4. The summed E-state index contributed by atoms with van der Waals surface area (Å²) in [5.74, 6) is -0.0205. The molecule has 1 N–H and O–H groups in total. The van der Waals surface area contributed by atoms with Crippen molar-refractivity contribution in [2.24, 2.45) is 0 Å². The zero-order chi connectivity index (χ0) is 18.9. The highest BCUT2D eigenvalue weighted by Crippen LogP contribution is 2.19. The highest BCUT2D eigenvalue weighted by molar-refractivity contribution is 6.09. The summed E-state index contributed by atoms with van der Waals surface area (Å²) in [7, 11) is 0. The minimum Gasteiger partial charge on any atom is -0.494 e. The third kappa shape index (κ3) is 5.49. The van der Waals surface area contributed by atoms with E-state index < -0.39 is 11.9 Å². The minimum absolute atomic E-state index is 0.0770. The molecule has 0 bridgehead atoms. The van der Waals surface area contributed by atoms with Gasteiger partial charge in [-0.05, 0) is 42.8 Å². The number of nitrogens with one attached hydrogen (secondary N) is 1. The van der Waals surface area contributed by atoms with Crippen molar-refractivity contribution in [2.75, 3.05) is 11.9 Å². The number of nitriles is 1. The second kappa shape index (κ2) is 9.04. The Morgan fingerprint density at radius 2 is 1.88 bits per heavy atom. The van der Waals surface area contributed by atoms with Gasteiger partial charge in [-0.1, -0.05) is 18.2 Å². The topological polar surface area (TPSA) is 88.4 Å². The molecule has 0 atom stereocenters. The SMILES string of the molecule is CCOc1cccc(NC(=O)/C(C#N)=C/c2cccc(OC(C)=O)c2)c1. The molecule has 2 aromatic carbocycles. The van der Waals surface area contributed by atoms with Crippen LogP contribution in [0.15, 0.2) is 54.1 Å². The Labute approximate surface area is 151 Å². The molecule has 0 saturated heterocycles. The van der Waals surface area contributed by atoms with Crippen LogP contribution in [0.1, 0.15) is 19.4 Å². The number of carbonyl (C=O) groups is 2. The van der Waals surface area contributed by atoms with E-state index in [9.17, 15) is 14.9 Å². The van der Waals surface area contributed by atoms with E-state index in [0.717, 1.165) is 0 Å². The molecule has 0 fully saturated rings. The van der Waals surface area contributed by atoms with Crippen LogP contribution in [0.5, 0.6) is 11.5 Å². The van der Waals surface area contributed by atoms with Crippen molar-refractivity contribution in [3.8, 4) is 17.6 Å². The Balaban J connectivity index is 2.18. The van der Waals surface area contributed by atoms with Crippen LogP contribution in [0.2, 0.25) is 0 Å². The monoisotopic (exact) mass is 350 g/mol. The number of ether oxygens (including phenoxy) is 2. The van der Waals surface area contributed by atoms with Crippen LogP contribution in [0, 0.1) is 11.3 Å². The second-order valence-electron chi connectivity index (χ2n) is 5.25. The Bertz CT molecular complexity index is 881. The first kappa shape index (κ1) is 18.7. The summed E-state index contributed by atoms with van der Waals surface area (Å²) < 4.78 is 10.4. The minimum atomic E-state index is -0.543. The molecule has 6 heteroatoms. The van der Waals surface area contributed by atoms with Crippen LogP contribution >= 0.6 is 0 Å². The molecular weight excluding hydrogens is 332 g/mol. The van der Waals surface area contributed by atoms with E-state index in [1.807, 2.05) is 13.0 Å². The largest absolute Gasteiger partial charge is 0.494 e. The summed E-state index contributed by atoms with van der Waals surface area (Å²) in [5, 5.41) is 12.0. The van der Waals surface area contributed by atoms with Gasteiger partial charge in [0.05, 0.1) is 6.61 Å². The summed E-state index contributed by atoms with van der Waals surface area (Å²) in [5.41, 5.74) is 1.01. The molecule has 0 unspecified atom stereocenters. The number of carbonyl (C=O) groups excluding carboxylic acids is 2. The van der Waals surface area contributed by atoms with Crippen LogP contribution in [0.4, 0.5) is 5.69 Å². The van der Waals surface area contributed by atoms with Gasteiger partial charge in [0.1, 0.15) is 23.1 Å². The highest BCUT2D eigenvalue weighted by Gasteiger charge is 2.10. The van der Waals surface area contributed by atoms with Crippen LogP contribution < -0.4 is 14.8 Å². The van der Waals surface area contributed by atoms with Crippen LogP contribution in [0.25, 0.3) is 6.08 Å². The van der Waals surface area contributed by atoms with Crippen LogP contribution in [-0.2, 0) is 9.59 Å². The van der Waals surface area contributed by atoms with Gasteiger partial charge in [0.25, 0.3) is 5.91 Å². The lowest BCUT2D eigenvalue weighted by molar-refractivity contribution is -0.131. The Hall–Kier alpha value is -3.59. The summed E-state index contributed by atoms with van der Waals surface area (Å²) in [6.07, 6.45) is 1.43. The average Bonchev–Trinajstić information content (AvgIpc) is 2.60. The lowest BCUT2D eigenvalue weighted by Gasteiger charge is -2.07. The molecule has 1 amide bonds. The van der Waals surface area contributed by atoms with Crippen molar-refractivity contribution in [2.45, 2.75) is 13.8 Å². The molecule has 0 heterocycles. The number of rotatable bonds is 6. The van der Waals surface area contributed by atoms with Gasteiger partial charge in [-0.2, -0.15) is 5.26 Å². The van der Waals surface area contributed by atoms with E-state index in [1.165, 1.54) is 13.0 Å². The third-order valence-electron chi connectivity index (χ3n) is 3.20. The van der Waals surface area contributed by atoms with Gasteiger partial charge in [-0.15, -0.1) is 0 Å². The summed E-state index contributed by atoms with van der Waals surface area (Å²) in [6, 6.07) is 15.3. The zero-order valence-corrected chi connectivity index (χ0v) is 14.5. The van der Waals surface area contributed by atoms with Gasteiger partial charge in [0.2, 0.25) is 0 Å². The van der Waals surface area contributed by atoms with Crippen molar-refractivity contribution < 1.29 is 19.1 Å². The number of benzene rings is 2. The van der Waals surface area contributed by atoms with Crippen molar-refractivity contribution in [1.82, 2.24) is 0 Å². The maximum atomic E-state index is 12.4. The fourth-order valence-electron chi connectivity index (χ4n) is 2.18. The van der Waals surface area contributed by atoms with Crippen molar-refractivity contribution in [3.05, 3.63) is 59.7 Å². The molecule has 2 rings (SSSR count). The molecule has 26 heavy (non-hydrogen) atoms. The molecule has 0 radical (unpaired) electrons. The number of anilines is 1. The van der Waals surface area contributed by atoms with Crippen molar-refractivity contribution in [3.63, 3.8) is 0 Å². The predicted octanol–water partition coefficient (Wildman–Crippen LogP) is 3.56. The zero-order valence-electron chi connectivity index (χ0n) is 14.5. The van der Waals surface area contributed by atoms with Gasteiger partial charge in [0.15, 0.2) is 0 Å². The Morgan fingerprint density at radius 1 is 1.15 bits per heavy atom. The molecule has 132 valence electrons. The molecule has 2 aromatic rings. The molecule has 0 aliphatic heterocycles. The lowest BCUT2D eigenvalue weighted by Crippen LogP contribution is -2.13. The molecule has 0 aliphatic carbocycles. The standard InChI is InChI=1S/C20H18N2O4/c1-3-25-18-8-5-7-17(12-18)22-20(24)16(13-21)10-15-6-4-9-19(11-15)26-14(2)23/h4-12H,3H2,1-2H3,(H,22,24)/b16-10+. The van der Waals surface area contributed by atoms with E-state index in [1.54, 1.807) is 48.5 Å². The number of hydrogen-bond acceptors (Lipinski definition) is 5. The number of esters is 1. The van der Waals surface area contributed by atoms with Gasteiger partial charge in [0, 0.05) is 18.7 Å². The van der Waals surface area contributed by atoms with E-state index in [2.05, 4.69) is 5.32 Å². The van der Waals surface area contributed by atoms with E-state index in [-0.39, 0.29) is 5.57 Å². The van der Waals surface area contributed by atoms with Crippen molar-refractivity contribution in [1.29, 1.82) is 5.26 Å². The Morgan fingerprint density at radius 3 is 2.58 bits per heavy atom. The summed E-state index contributed by atoms with van der Waals surface area (Å²) in [6.45, 7) is 3.68. The molecule has 0 spiro atoms. The van der Waals surface area contributed by atoms with E-state index >= 15 is 0 Å². The molecule has 0 aromatic heterocycles. The fraction of sp³-hybridized carbons (Fsp3) is 0.150. The summed E-state index contributed by atoms with van der Waals surface area (Å²) in [4.78, 5) is 23.4. The Kier molecular flexibility index (Phi) is 6.52. The van der Waals surface area contributed by atoms with E-state index in [0.29, 0.717) is 29.4 Å². The smallest absolute Gasteiger partial charge is 0.308 e. The molecule has 0 saturated carbocycles. The number of nitrogens with zero attached hydrogens (tertiary/aromatic N) is 1. The lowest BCUT2D eigenvalue weighted by atomic mass is 10.1. The quantitative estimate of drug-likeness (QED) is 0.372. The van der Waals surface area contributed by atoms with Gasteiger partial charge in [-0.3, -0.25) is 9.59 Å². The number of amides is 1. The van der Waals surface area contributed by atoms with Crippen LogP contribution in [0.3, 0.4) is 0 Å². The second-order valence-corrected chi connectivity index (χ2v) is 5.25. The van der Waals surface area contributed by atoms with Gasteiger partial charge >= 0.3 is 5.97 Å². The first-order valence-corrected chi connectivity index (χ1v) is 7.96. The molecule has 0 aliphatic rings. The highest BCUT2D eigenvalue weighted by atomic mass is 16.5. The predicted molar refractivity (Wildman–Crippen MR) is 97.6 cm³/mol. The van der Waals surface area contributed by atoms with Gasteiger partial charge in [-0.25, -0.2) is 0 Å². The first-order valence-electron chi connectivity index (χ1n) is 7.96. The normalized spacial score (nSPS) is 10.6. The maximum Gasteiger partial charge on any atom is 0.308 e. The van der Waals surface area contributed by atoms with Crippen LogP contribution in [-0.4, -0.2) is 18.5 Å². The maximum absolute atomic E-state index is 12.4.